The van der Waals surface area contributed by atoms with Crippen molar-refractivity contribution in [3.8, 4) is 0 Å². The molecule has 2 nitrogen and oxygen atoms in total. The normalized spacial score (nSPS) is 22.0. The van der Waals surface area contributed by atoms with Crippen molar-refractivity contribution in [3.63, 3.8) is 0 Å². The number of hydrogen-bond acceptors (Lipinski definition) is 3. The third-order valence-corrected chi connectivity index (χ3v) is 5.51. The van der Waals surface area contributed by atoms with Crippen molar-refractivity contribution >= 4 is 11.8 Å². The van der Waals surface area contributed by atoms with E-state index in [2.05, 4.69) is 24.1 Å². The van der Waals surface area contributed by atoms with Gasteiger partial charge in [-0.1, -0.05) is 58.3 Å². The molecular weight excluding hydrogens is 240 g/mol. The van der Waals surface area contributed by atoms with E-state index in [1.165, 1.54) is 76.4 Å². The molecule has 0 aromatic heterocycles. The highest BCUT2D eigenvalue weighted by Gasteiger charge is 2.22. The fourth-order valence-corrected chi connectivity index (χ4v) is 4.23. The smallest absolute Gasteiger partial charge is 0.0329 e. The summed E-state index contributed by atoms with van der Waals surface area (Å²) in [5, 5.41) is 0.767. The average Bonchev–Trinajstić information content (AvgIpc) is 2.43. The van der Waals surface area contributed by atoms with Gasteiger partial charge in [-0.15, -0.1) is 0 Å². The fraction of sp³-hybridized carbons (Fsp3) is 1.00. The van der Waals surface area contributed by atoms with Crippen LogP contribution < -0.4 is 11.3 Å². The number of thioether (sulfide) groups is 1. The van der Waals surface area contributed by atoms with Crippen LogP contribution in [-0.2, 0) is 0 Å². The molecule has 18 heavy (non-hydrogen) atoms. The first kappa shape index (κ1) is 16.3. The van der Waals surface area contributed by atoms with Crippen molar-refractivity contribution in [2.45, 2.75) is 88.8 Å². The zero-order valence-electron chi connectivity index (χ0n) is 12.1. The average molecular weight is 273 g/mol. The van der Waals surface area contributed by atoms with Crippen molar-refractivity contribution in [3.05, 3.63) is 0 Å². The van der Waals surface area contributed by atoms with E-state index in [1.54, 1.807) is 0 Å². The summed E-state index contributed by atoms with van der Waals surface area (Å²) in [6.07, 6.45) is 15.2. The van der Waals surface area contributed by atoms with Gasteiger partial charge in [0, 0.05) is 11.3 Å². The van der Waals surface area contributed by atoms with Crippen LogP contribution in [0.3, 0.4) is 0 Å². The van der Waals surface area contributed by atoms with E-state index >= 15 is 0 Å². The van der Waals surface area contributed by atoms with E-state index in [1.807, 2.05) is 0 Å². The van der Waals surface area contributed by atoms with Gasteiger partial charge in [-0.3, -0.25) is 11.3 Å². The van der Waals surface area contributed by atoms with E-state index in [4.69, 9.17) is 5.84 Å². The van der Waals surface area contributed by atoms with Crippen LogP contribution in [0.2, 0.25) is 0 Å². The predicted octanol–water partition coefficient (Wildman–Crippen LogP) is 4.24. The molecule has 0 spiro atoms. The predicted molar refractivity (Wildman–Crippen MR) is 83.8 cm³/mol. The Kier molecular flexibility index (Phi) is 10.1. The molecule has 1 rings (SSSR count). The number of nitrogens with two attached hydrogens (primary N) is 1. The second-order valence-electron chi connectivity index (χ2n) is 5.59. The van der Waals surface area contributed by atoms with Crippen LogP contribution in [0.15, 0.2) is 0 Å². The summed E-state index contributed by atoms with van der Waals surface area (Å²) >= 11 is 2.13. The van der Waals surface area contributed by atoms with Gasteiger partial charge < -0.3 is 0 Å². The highest BCUT2D eigenvalue weighted by molar-refractivity contribution is 8.00. The summed E-state index contributed by atoms with van der Waals surface area (Å²) in [6, 6.07) is 0.547. The van der Waals surface area contributed by atoms with Crippen LogP contribution in [0.25, 0.3) is 0 Å². The van der Waals surface area contributed by atoms with Crippen LogP contribution >= 0.6 is 11.8 Å². The minimum absolute atomic E-state index is 0.547. The molecule has 1 heterocycles. The van der Waals surface area contributed by atoms with Crippen LogP contribution in [0.1, 0.15) is 77.6 Å². The van der Waals surface area contributed by atoms with Gasteiger partial charge >= 0.3 is 0 Å². The van der Waals surface area contributed by atoms with Crippen LogP contribution in [0.4, 0.5) is 0 Å². The number of nitrogens with one attached hydrogen (secondary N) is 1. The molecule has 1 fully saturated rings. The van der Waals surface area contributed by atoms with Crippen molar-refractivity contribution in [1.82, 2.24) is 5.43 Å². The molecule has 0 radical (unpaired) electrons. The molecule has 1 saturated heterocycles. The molecule has 0 amide bonds. The van der Waals surface area contributed by atoms with Crippen molar-refractivity contribution in [1.29, 1.82) is 0 Å². The maximum absolute atomic E-state index is 5.72. The van der Waals surface area contributed by atoms with Crippen LogP contribution in [0, 0.1) is 0 Å². The molecule has 108 valence electrons. The second-order valence-corrected chi connectivity index (χ2v) is 6.94. The summed E-state index contributed by atoms with van der Waals surface area (Å²) in [4.78, 5) is 0. The molecule has 3 N–H and O–H groups in total. The monoisotopic (exact) mass is 272 g/mol. The Labute approximate surface area is 118 Å². The SMILES string of the molecule is CCCCCCCCCC(NN)C1CCCCS1. The third-order valence-electron chi connectivity index (χ3n) is 4.00. The molecule has 1 aliphatic heterocycles. The van der Waals surface area contributed by atoms with Gasteiger partial charge in [-0.2, -0.15) is 11.8 Å². The summed E-state index contributed by atoms with van der Waals surface area (Å²) in [5.41, 5.74) is 3.06. The van der Waals surface area contributed by atoms with Gasteiger partial charge in [-0.05, 0) is 25.0 Å². The number of hydrazine groups is 1. The van der Waals surface area contributed by atoms with Gasteiger partial charge in [0.25, 0.3) is 0 Å². The second kappa shape index (κ2) is 11.1. The van der Waals surface area contributed by atoms with Gasteiger partial charge in [0.1, 0.15) is 0 Å². The Morgan fingerprint density at radius 3 is 2.44 bits per heavy atom. The molecule has 2 unspecified atom stereocenters. The van der Waals surface area contributed by atoms with Gasteiger partial charge in [-0.25, -0.2) is 0 Å². The maximum Gasteiger partial charge on any atom is 0.0329 e. The molecule has 1 aliphatic rings. The topological polar surface area (TPSA) is 38.0 Å². The standard InChI is InChI=1S/C15H32N2S/c1-2-3-4-5-6-7-8-11-14(17-16)15-12-9-10-13-18-15/h14-15,17H,2-13,16H2,1H3. The molecular formula is C15H32N2S. The fourth-order valence-electron chi connectivity index (χ4n) is 2.78. The Balaban J connectivity index is 2.00. The molecule has 0 aromatic rings. The first-order valence-corrected chi connectivity index (χ1v) is 9.01. The Hall–Kier alpha value is 0.270. The minimum Gasteiger partial charge on any atom is -0.271 e. The highest BCUT2D eigenvalue weighted by Crippen LogP contribution is 2.29. The van der Waals surface area contributed by atoms with E-state index in [0.29, 0.717) is 6.04 Å². The van der Waals surface area contributed by atoms with E-state index in [0.717, 1.165) is 5.25 Å². The van der Waals surface area contributed by atoms with E-state index in [-0.39, 0.29) is 0 Å². The highest BCUT2D eigenvalue weighted by atomic mass is 32.2. The van der Waals surface area contributed by atoms with Gasteiger partial charge in [0.05, 0.1) is 0 Å². The first-order valence-electron chi connectivity index (χ1n) is 7.96. The zero-order valence-corrected chi connectivity index (χ0v) is 12.9. The quantitative estimate of drug-likeness (QED) is 0.355. The summed E-state index contributed by atoms with van der Waals surface area (Å²) in [5.74, 6) is 7.05. The van der Waals surface area contributed by atoms with Crippen LogP contribution in [0.5, 0.6) is 0 Å². The van der Waals surface area contributed by atoms with Crippen molar-refractivity contribution < 1.29 is 0 Å². The molecule has 3 heteroatoms. The lowest BCUT2D eigenvalue weighted by Crippen LogP contribution is -2.43. The number of hydrogen-bond donors (Lipinski definition) is 2. The number of rotatable bonds is 10. The molecule has 0 aromatic carbocycles. The third kappa shape index (κ3) is 7.01. The summed E-state index contributed by atoms with van der Waals surface area (Å²) in [7, 11) is 0. The molecule has 0 aliphatic carbocycles. The number of unbranched alkanes of at least 4 members (excludes halogenated alkanes) is 6. The largest absolute Gasteiger partial charge is 0.271 e. The first-order chi connectivity index (χ1) is 8.88. The Morgan fingerprint density at radius 2 is 1.83 bits per heavy atom. The van der Waals surface area contributed by atoms with Gasteiger partial charge in [0.2, 0.25) is 0 Å². The Bertz CT molecular complexity index is 181. The molecule has 0 saturated carbocycles. The lowest BCUT2D eigenvalue weighted by molar-refractivity contribution is 0.427. The minimum atomic E-state index is 0.547. The molecule has 2 atom stereocenters. The van der Waals surface area contributed by atoms with Crippen molar-refractivity contribution in [2.24, 2.45) is 5.84 Å². The Morgan fingerprint density at radius 1 is 1.11 bits per heavy atom. The summed E-state index contributed by atoms with van der Waals surface area (Å²) < 4.78 is 0. The van der Waals surface area contributed by atoms with Gasteiger partial charge in [0.15, 0.2) is 0 Å². The van der Waals surface area contributed by atoms with E-state index in [9.17, 15) is 0 Å². The maximum atomic E-state index is 5.72. The van der Waals surface area contributed by atoms with Crippen LogP contribution in [-0.4, -0.2) is 17.0 Å². The molecule has 0 bridgehead atoms. The lowest BCUT2D eigenvalue weighted by atomic mass is 10.0. The van der Waals surface area contributed by atoms with Crippen molar-refractivity contribution in [2.75, 3.05) is 5.75 Å². The summed E-state index contributed by atoms with van der Waals surface area (Å²) in [6.45, 7) is 2.28. The lowest BCUT2D eigenvalue weighted by Gasteiger charge is -2.29. The zero-order chi connectivity index (χ0) is 13.1. The van der Waals surface area contributed by atoms with E-state index < -0.39 is 0 Å².